The van der Waals surface area contributed by atoms with Crippen LogP contribution in [0.2, 0.25) is 5.02 Å². The smallest absolute Gasteiger partial charge is 0.313 e. The van der Waals surface area contributed by atoms with E-state index in [9.17, 15) is 14.4 Å². The molecule has 38 heavy (non-hydrogen) atoms. The molecule has 11 nitrogen and oxygen atoms in total. The van der Waals surface area contributed by atoms with Gasteiger partial charge in [0, 0.05) is 54.0 Å². The van der Waals surface area contributed by atoms with E-state index in [1.54, 1.807) is 31.2 Å². The summed E-state index contributed by atoms with van der Waals surface area (Å²) >= 11 is 7.28. The minimum atomic E-state index is -0.802. The first kappa shape index (κ1) is 26.3. The fourth-order valence-electron chi connectivity index (χ4n) is 4.81. The minimum absolute atomic E-state index is 0.0873. The van der Waals surface area contributed by atoms with Crippen molar-refractivity contribution in [3.63, 3.8) is 0 Å². The third-order valence-electron chi connectivity index (χ3n) is 6.80. The third kappa shape index (κ3) is 6.03. The number of aromatic nitrogens is 3. The summed E-state index contributed by atoms with van der Waals surface area (Å²) in [4.78, 5) is 46.5. The molecule has 2 aliphatic rings. The Morgan fingerprint density at radius 3 is 2.61 bits per heavy atom. The van der Waals surface area contributed by atoms with E-state index in [0.717, 1.165) is 30.1 Å². The van der Waals surface area contributed by atoms with Gasteiger partial charge in [-0.25, -0.2) is 4.98 Å². The fourth-order valence-corrected chi connectivity index (χ4v) is 6.03. The molecule has 3 atom stereocenters. The second-order valence-electron chi connectivity index (χ2n) is 9.67. The van der Waals surface area contributed by atoms with Crippen LogP contribution in [0.3, 0.4) is 0 Å². The molecule has 5 rings (SSSR count). The number of carbonyl (C=O) groups is 3. The average Bonchev–Trinajstić information content (AvgIpc) is 3.52. The number of carbonyl (C=O) groups excluding carboxylic acids is 3. The van der Waals surface area contributed by atoms with Crippen molar-refractivity contribution in [1.29, 1.82) is 0 Å². The van der Waals surface area contributed by atoms with Crippen LogP contribution in [0, 0.1) is 6.92 Å². The van der Waals surface area contributed by atoms with E-state index in [1.807, 2.05) is 7.05 Å². The first-order valence-corrected chi connectivity index (χ1v) is 13.6. The van der Waals surface area contributed by atoms with Gasteiger partial charge in [0.15, 0.2) is 5.01 Å². The normalized spacial score (nSPS) is 21.4. The van der Waals surface area contributed by atoms with Gasteiger partial charge in [-0.1, -0.05) is 11.6 Å². The third-order valence-corrected chi connectivity index (χ3v) is 8.13. The summed E-state index contributed by atoms with van der Waals surface area (Å²) in [5.74, 6) is -1.01. The van der Waals surface area contributed by atoms with Crippen LogP contribution < -0.4 is 16.0 Å². The summed E-state index contributed by atoms with van der Waals surface area (Å²) in [6.45, 7) is 3.39. The summed E-state index contributed by atoms with van der Waals surface area (Å²) in [6.07, 6.45) is 2.43. The standard InChI is InChI=1S/C25H28ClN7O4S/c1-13-31-32-24(37-13)14-3-8-17(28-22(35)21(34)27-16-6-4-15(26)5-7-16)19(11-14)29-23(36)25-30-18-9-10-33(2)12-20(18)38-25/h4-7,14,17,19H,3,8-12H2,1-2H3,(H,27,34)(H,28,35)(H,29,36)/t14-,17-,19+/m0/s1. The van der Waals surface area contributed by atoms with E-state index < -0.39 is 23.9 Å². The van der Waals surface area contributed by atoms with Gasteiger partial charge in [0.1, 0.15) is 0 Å². The summed E-state index contributed by atoms with van der Waals surface area (Å²) in [6, 6.07) is 5.53. The number of nitrogens with zero attached hydrogens (tertiary/aromatic N) is 4. The van der Waals surface area contributed by atoms with Gasteiger partial charge >= 0.3 is 11.8 Å². The zero-order chi connectivity index (χ0) is 26.8. The van der Waals surface area contributed by atoms with Crippen LogP contribution in [0.1, 0.15) is 57.3 Å². The van der Waals surface area contributed by atoms with Crippen LogP contribution in [-0.4, -0.2) is 63.5 Å². The number of aryl methyl sites for hydroxylation is 1. The van der Waals surface area contributed by atoms with E-state index >= 15 is 0 Å². The number of fused-ring (bicyclic) bond motifs is 1. The highest BCUT2D eigenvalue weighted by Gasteiger charge is 2.37. The van der Waals surface area contributed by atoms with Crippen LogP contribution in [0.4, 0.5) is 5.69 Å². The molecule has 1 aromatic carbocycles. The van der Waals surface area contributed by atoms with Gasteiger partial charge in [-0.15, -0.1) is 21.5 Å². The maximum atomic E-state index is 13.3. The second-order valence-corrected chi connectivity index (χ2v) is 11.2. The van der Waals surface area contributed by atoms with Crippen LogP contribution >= 0.6 is 22.9 Å². The summed E-state index contributed by atoms with van der Waals surface area (Å²) in [5.41, 5.74) is 1.41. The second kappa shape index (κ2) is 11.2. The molecule has 1 aliphatic carbocycles. The predicted molar refractivity (Wildman–Crippen MR) is 141 cm³/mol. The lowest BCUT2D eigenvalue weighted by Gasteiger charge is -2.35. The predicted octanol–water partition coefficient (Wildman–Crippen LogP) is 2.67. The highest BCUT2D eigenvalue weighted by molar-refractivity contribution is 7.13. The first-order valence-electron chi connectivity index (χ1n) is 12.4. The van der Waals surface area contributed by atoms with E-state index in [1.165, 1.54) is 11.3 Å². The lowest BCUT2D eigenvalue weighted by Crippen LogP contribution is -2.56. The number of hydrogen-bond acceptors (Lipinski definition) is 9. The monoisotopic (exact) mass is 557 g/mol. The molecule has 1 aliphatic heterocycles. The number of likely N-dealkylation sites (N-methyl/N-ethyl adjacent to an activating group) is 1. The molecule has 13 heteroatoms. The highest BCUT2D eigenvalue weighted by Crippen LogP contribution is 2.33. The molecule has 0 spiro atoms. The number of anilines is 1. The molecular formula is C25H28ClN7O4S. The molecule has 0 unspecified atom stereocenters. The molecule has 1 saturated carbocycles. The molecule has 3 aromatic rings. The molecular weight excluding hydrogens is 530 g/mol. The van der Waals surface area contributed by atoms with Crippen LogP contribution in [-0.2, 0) is 22.6 Å². The Bertz CT molecular complexity index is 1340. The van der Waals surface area contributed by atoms with E-state index in [4.69, 9.17) is 16.0 Å². The van der Waals surface area contributed by atoms with Crippen molar-refractivity contribution in [2.24, 2.45) is 0 Å². The van der Waals surface area contributed by atoms with Crippen molar-refractivity contribution in [2.45, 2.75) is 57.2 Å². The maximum absolute atomic E-state index is 13.3. The summed E-state index contributed by atoms with van der Waals surface area (Å²) in [5, 5.41) is 17.4. The molecule has 0 bridgehead atoms. The zero-order valence-corrected chi connectivity index (χ0v) is 22.6. The van der Waals surface area contributed by atoms with Gasteiger partial charge < -0.3 is 25.3 Å². The summed E-state index contributed by atoms with van der Waals surface area (Å²) < 4.78 is 5.64. The molecule has 1 fully saturated rings. The molecule has 3 amide bonds. The van der Waals surface area contributed by atoms with Crippen LogP contribution in [0.15, 0.2) is 28.7 Å². The fraction of sp³-hybridized carbons (Fsp3) is 0.440. The van der Waals surface area contributed by atoms with Gasteiger partial charge in [0.05, 0.1) is 11.7 Å². The van der Waals surface area contributed by atoms with Gasteiger partial charge in [-0.2, -0.15) is 0 Å². The van der Waals surface area contributed by atoms with Crippen molar-refractivity contribution < 1.29 is 18.8 Å². The topological polar surface area (TPSA) is 142 Å². The molecule has 0 radical (unpaired) electrons. The molecule has 3 heterocycles. The number of nitrogens with one attached hydrogen (secondary N) is 3. The Balaban J connectivity index is 1.29. The molecule has 3 N–H and O–H groups in total. The Kier molecular flexibility index (Phi) is 7.73. The van der Waals surface area contributed by atoms with Gasteiger partial charge in [0.25, 0.3) is 5.91 Å². The minimum Gasteiger partial charge on any atom is -0.425 e. The van der Waals surface area contributed by atoms with Crippen LogP contribution in [0.25, 0.3) is 0 Å². The largest absolute Gasteiger partial charge is 0.425 e. The Labute approximate surface area is 228 Å². The average molecular weight is 558 g/mol. The SMILES string of the molecule is Cc1nnc([C@H]2CC[C@H](NC(=O)C(=O)Nc3ccc(Cl)cc3)[C@H](NC(=O)c3nc4c(s3)CN(C)CC4)C2)o1. The number of benzene rings is 1. The van der Waals surface area contributed by atoms with E-state index in [-0.39, 0.29) is 11.8 Å². The highest BCUT2D eigenvalue weighted by atomic mass is 35.5. The zero-order valence-electron chi connectivity index (χ0n) is 21.0. The maximum Gasteiger partial charge on any atom is 0.313 e. The van der Waals surface area contributed by atoms with Crippen molar-refractivity contribution in [1.82, 2.24) is 30.7 Å². The molecule has 0 saturated heterocycles. The number of halogens is 1. The van der Waals surface area contributed by atoms with Crippen molar-refractivity contribution in [3.05, 3.63) is 56.6 Å². The lowest BCUT2D eigenvalue weighted by molar-refractivity contribution is -0.136. The van der Waals surface area contributed by atoms with Crippen molar-refractivity contribution in [2.75, 3.05) is 18.9 Å². The van der Waals surface area contributed by atoms with Gasteiger partial charge in [-0.05, 0) is 50.6 Å². The number of amides is 3. The van der Waals surface area contributed by atoms with Crippen molar-refractivity contribution >= 4 is 46.3 Å². The van der Waals surface area contributed by atoms with Gasteiger partial charge in [0.2, 0.25) is 11.8 Å². The molecule has 200 valence electrons. The summed E-state index contributed by atoms with van der Waals surface area (Å²) in [7, 11) is 2.04. The van der Waals surface area contributed by atoms with Crippen LogP contribution in [0.5, 0.6) is 0 Å². The Morgan fingerprint density at radius 2 is 1.87 bits per heavy atom. The molecule has 2 aromatic heterocycles. The first-order chi connectivity index (χ1) is 18.2. The quantitative estimate of drug-likeness (QED) is 0.406. The van der Waals surface area contributed by atoms with E-state index in [2.05, 4.69) is 36.0 Å². The number of thiazole rings is 1. The van der Waals surface area contributed by atoms with Crippen molar-refractivity contribution in [3.8, 4) is 0 Å². The Hall–Kier alpha value is -3.35. The number of hydrogen-bond donors (Lipinski definition) is 3. The Morgan fingerprint density at radius 1 is 1.08 bits per heavy atom. The van der Waals surface area contributed by atoms with Gasteiger partial charge in [-0.3, -0.25) is 14.4 Å². The number of rotatable bonds is 5. The lowest BCUT2D eigenvalue weighted by atomic mass is 9.82. The van der Waals surface area contributed by atoms with E-state index in [0.29, 0.717) is 46.8 Å².